The molecule has 1 amide bonds. The molecule has 0 saturated heterocycles. The van der Waals surface area contributed by atoms with Gasteiger partial charge >= 0.3 is 5.97 Å². The second-order valence-electron chi connectivity index (χ2n) is 18.0. The molecule has 0 bridgehead atoms. The Bertz CT molecular complexity index is 1230. The summed E-state index contributed by atoms with van der Waals surface area (Å²) in [5, 5.41) is 23.7. The molecule has 0 saturated carbocycles. The number of hydrogen-bond donors (Lipinski definition) is 3. The summed E-state index contributed by atoms with van der Waals surface area (Å²) in [4.78, 5) is 26.2. The maximum Gasteiger partial charge on any atom is 0.306 e. The van der Waals surface area contributed by atoms with Crippen LogP contribution in [-0.4, -0.2) is 46.9 Å². The fourth-order valence-electron chi connectivity index (χ4n) is 7.82. The van der Waals surface area contributed by atoms with Gasteiger partial charge in [-0.2, -0.15) is 0 Å². The van der Waals surface area contributed by atoms with Crippen LogP contribution in [0.3, 0.4) is 0 Å². The van der Waals surface area contributed by atoms with Crippen molar-refractivity contribution in [1.82, 2.24) is 5.32 Å². The van der Waals surface area contributed by atoms with Crippen LogP contribution in [0.2, 0.25) is 0 Å². The van der Waals surface area contributed by atoms with E-state index in [4.69, 9.17) is 4.74 Å². The van der Waals surface area contributed by atoms with E-state index in [1.54, 1.807) is 0 Å². The lowest BCUT2D eigenvalue weighted by Crippen LogP contribution is -2.46. The van der Waals surface area contributed by atoms with Gasteiger partial charge in [-0.3, -0.25) is 9.59 Å². The molecule has 0 aliphatic rings. The average molecular weight is 892 g/mol. The van der Waals surface area contributed by atoms with Crippen LogP contribution < -0.4 is 5.32 Å². The number of hydrogen-bond acceptors (Lipinski definition) is 5. The van der Waals surface area contributed by atoms with Gasteiger partial charge in [0, 0.05) is 6.42 Å². The first-order chi connectivity index (χ1) is 31.5. The predicted molar refractivity (Wildman–Crippen MR) is 278 cm³/mol. The molecule has 0 aromatic carbocycles. The summed E-state index contributed by atoms with van der Waals surface area (Å²) in [5.74, 6) is -0.552. The fourth-order valence-corrected chi connectivity index (χ4v) is 7.82. The normalized spacial score (nSPS) is 13.9. The molecule has 368 valence electrons. The number of amides is 1. The molecule has 0 aromatic heterocycles. The second-order valence-corrected chi connectivity index (χ2v) is 18.0. The van der Waals surface area contributed by atoms with Gasteiger partial charge in [0.1, 0.15) is 6.10 Å². The average Bonchev–Trinajstić information content (AvgIpc) is 3.29. The molecule has 6 heteroatoms. The maximum atomic E-state index is 13.2. The number of allylic oxidation sites excluding steroid dienone is 14. The Morgan fingerprint density at radius 1 is 0.469 bits per heavy atom. The molecule has 3 atom stereocenters. The van der Waals surface area contributed by atoms with Crippen molar-refractivity contribution in [3.05, 3.63) is 85.1 Å². The van der Waals surface area contributed by atoms with Crippen molar-refractivity contribution in [1.29, 1.82) is 0 Å². The Balaban J connectivity index is 4.67. The Morgan fingerprint density at radius 2 is 0.875 bits per heavy atom. The van der Waals surface area contributed by atoms with Gasteiger partial charge in [0.05, 0.1) is 25.2 Å². The van der Waals surface area contributed by atoms with Gasteiger partial charge in [0.2, 0.25) is 5.91 Å². The molecule has 64 heavy (non-hydrogen) atoms. The Morgan fingerprint density at radius 3 is 1.34 bits per heavy atom. The predicted octanol–water partition coefficient (Wildman–Crippen LogP) is 16.3. The summed E-state index contributed by atoms with van der Waals surface area (Å²) in [5.41, 5.74) is 0. The summed E-state index contributed by atoms with van der Waals surface area (Å²) >= 11 is 0. The minimum Gasteiger partial charge on any atom is -0.462 e. The van der Waals surface area contributed by atoms with Gasteiger partial charge < -0.3 is 20.3 Å². The van der Waals surface area contributed by atoms with E-state index >= 15 is 0 Å². The molecular weight excluding hydrogens is 791 g/mol. The first-order valence-corrected chi connectivity index (χ1v) is 26.9. The van der Waals surface area contributed by atoms with E-state index in [2.05, 4.69) is 50.4 Å². The molecule has 0 fully saturated rings. The van der Waals surface area contributed by atoms with Crippen LogP contribution in [0.15, 0.2) is 85.1 Å². The van der Waals surface area contributed by atoms with Gasteiger partial charge in [-0.1, -0.05) is 254 Å². The van der Waals surface area contributed by atoms with Gasteiger partial charge in [0.15, 0.2) is 0 Å². The molecule has 3 unspecified atom stereocenters. The standard InChI is InChI=1S/C58H101NO5/c1-4-7-10-13-16-19-22-24-26-27-28-29-31-33-36-39-42-45-48-51-58(63)64-54(49-46-43-40-37-35-32-30-25-23-20-17-14-11-8-5-2)52-57(62)59-55(53-60)56(61)50-47-44-41-38-34-21-18-15-12-9-6-3/h8,11,14,17,20,23-26,30,32,35,37,40,54-56,60-61H,4-7,9-10,12-13,15-16,18-19,21-22,27-29,31,33-34,36,38-39,41-53H2,1-3H3,(H,59,62)/b11-8-,17-14+,23-20+,26-24+,30-25-,35-32+,40-37+. The zero-order chi connectivity index (χ0) is 46.7. The molecule has 0 rings (SSSR count). The smallest absolute Gasteiger partial charge is 0.306 e. The molecular formula is C58H101NO5. The van der Waals surface area contributed by atoms with Crippen LogP contribution >= 0.6 is 0 Å². The van der Waals surface area contributed by atoms with E-state index in [9.17, 15) is 19.8 Å². The molecule has 0 aliphatic heterocycles. The third kappa shape index (κ3) is 45.6. The van der Waals surface area contributed by atoms with Gasteiger partial charge in [0.25, 0.3) is 0 Å². The number of unbranched alkanes of at least 4 members (excludes halogenated alkanes) is 26. The number of aliphatic hydroxyl groups is 2. The van der Waals surface area contributed by atoms with Crippen molar-refractivity contribution in [2.75, 3.05) is 6.61 Å². The zero-order valence-corrected chi connectivity index (χ0v) is 41.9. The minimum atomic E-state index is -0.811. The highest BCUT2D eigenvalue weighted by molar-refractivity contribution is 5.77. The van der Waals surface area contributed by atoms with E-state index in [1.807, 2.05) is 60.8 Å². The number of rotatable bonds is 47. The fraction of sp³-hybridized carbons (Fsp3) is 0.724. The summed E-state index contributed by atoms with van der Waals surface area (Å²) in [6, 6.07) is -0.729. The highest BCUT2D eigenvalue weighted by atomic mass is 16.5. The monoisotopic (exact) mass is 892 g/mol. The molecule has 0 heterocycles. The van der Waals surface area contributed by atoms with Crippen molar-refractivity contribution < 1.29 is 24.5 Å². The van der Waals surface area contributed by atoms with Crippen molar-refractivity contribution in [2.45, 2.75) is 264 Å². The second kappa shape index (κ2) is 51.0. The third-order valence-corrected chi connectivity index (χ3v) is 11.9. The number of ether oxygens (including phenoxy) is 1. The first-order valence-electron chi connectivity index (χ1n) is 26.9. The molecule has 0 aliphatic carbocycles. The third-order valence-electron chi connectivity index (χ3n) is 11.9. The summed E-state index contributed by atoms with van der Waals surface area (Å²) in [6.45, 7) is 6.31. The minimum absolute atomic E-state index is 0.0227. The summed E-state index contributed by atoms with van der Waals surface area (Å²) in [7, 11) is 0. The van der Waals surface area contributed by atoms with Crippen LogP contribution in [0.1, 0.15) is 245 Å². The van der Waals surface area contributed by atoms with E-state index in [0.29, 0.717) is 19.3 Å². The van der Waals surface area contributed by atoms with Gasteiger partial charge in [-0.25, -0.2) is 0 Å². The van der Waals surface area contributed by atoms with Crippen molar-refractivity contribution in [3.8, 4) is 0 Å². The van der Waals surface area contributed by atoms with E-state index in [-0.39, 0.29) is 24.9 Å². The van der Waals surface area contributed by atoms with Crippen molar-refractivity contribution in [2.24, 2.45) is 0 Å². The molecule has 6 nitrogen and oxygen atoms in total. The lowest BCUT2D eigenvalue weighted by atomic mass is 10.0. The number of esters is 1. The van der Waals surface area contributed by atoms with Gasteiger partial charge in [-0.05, 0) is 64.2 Å². The van der Waals surface area contributed by atoms with Crippen LogP contribution in [0.5, 0.6) is 0 Å². The van der Waals surface area contributed by atoms with Crippen LogP contribution in [-0.2, 0) is 14.3 Å². The highest BCUT2D eigenvalue weighted by Crippen LogP contribution is 2.17. The number of nitrogens with one attached hydrogen (secondary N) is 1. The lowest BCUT2D eigenvalue weighted by molar-refractivity contribution is -0.151. The van der Waals surface area contributed by atoms with Crippen molar-refractivity contribution in [3.63, 3.8) is 0 Å². The van der Waals surface area contributed by atoms with E-state index in [0.717, 1.165) is 57.8 Å². The summed E-state index contributed by atoms with van der Waals surface area (Å²) in [6.07, 6.45) is 66.5. The number of carbonyl (C=O) groups excluding carboxylic acids is 2. The quantitative estimate of drug-likeness (QED) is 0.0245. The maximum absolute atomic E-state index is 13.2. The van der Waals surface area contributed by atoms with Crippen LogP contribution in [0.4, 0.5) is 0 Å². The van der Waals surface area contributed by atoms with Crippen molar-refractivity contribution >= 4 is 11.9 Å². The Kier molecular flexibility index (Phi) is 48.7. The van der Waals surface area contributed by atoms with Crippen LogP contribution in [0, 0.1) is 0 Å². The highest BCUT2D eigenvalue weighted by Gasteiger charge is 2.24. The topological polar surface area (TPSA) is 95.9 Å². The Hall–Kier alpha value is -2.96. The Labute approximate surface area is 395 Å². The largest absolute Gasteiger partial charge is 0.462 e. The number of carbonyl (C=O) groups is 2. The zero-order valence-electron chi connectivity index (χ0n) is 41.9. The lowest BCUT2D eigenvalue weighted by Gasteiger charge is -2.24. The molecule has 3 N–H and O–H groups in total. The SMILES string of the molecule is CC\C=C/C=C/C=C/C=C\C=C\C=C\CCCC(CC(=O)NC(CO)C(O)CCCCCCCCCCCCC)OC(=O)CCCCCCCCCCC/C=C/CCCCCCCC. The number of aliphatic hydroxyl groups excluding tert-OH is 2. The van der Waals surface area contributed by atoms with E-state index in [1.165, 1.54) is 141 Å². The first kappa shape index (κ1) is 61.0. The van der Waals surface area contributed by atoms with E-state index < -0.39 is 18.2 Å². The van der Waals surface area contributed by atoms with Gasteiger partial charge in [-0.15, -0.1) is 0 Å². The molecule has 0 aromatic rings. The molecule has 0 radical (unpaired) electrons. The van der Waals surface area contributed by atoms with Crippen LogP contribution in [0.25, 0.3) is 0 Å². The summed E-state index contributed by atoms with van der Waals surface area (Å²) < 4.78 is 5.91. The molecule has 0 spiro atoms.